The normalized spacial score (nSPS) is 10.6. The van der Waals surface area contributed by atoms with E-state index in [1.807, 2.05) is 24.3 Å². The van der Waals surface area contributed by atoms with Gasteiger partial charge in [0.25, 0.3) is 0 Å². The molecule has 1 aromatic heterocycles. The van der Waals surface area contributed by atoms with Crippen molar-refractivity contribution in [3.8, 4) is 5.75 Å². The van der Waals surface area contributed by atoms with Crippen LogP contribution in [0.15, 0.2) is 30.3 Å². The molecule has 0 aliphatic carbocycles. The lowest BCUT2D eigenvalue weighted by atomic mass is 10.2. The zero-order chi connectivity index (χ0) is 17.5. The fourth-order valence-electron chi connectivity index (χ4n) is 1.84. The number of nitrogens with one attached hydrogen (secondary N) is 1. The average molecular weight is 346 g/mol. The summed E-state index contributed by atoms with van der Waals surface area (Å²) in [6, 6.07) is 7.33. The van der Waals surface area contributed by atoms with Crippen molar-refractivity contribution in [2.24, 2.45) is 0 Å². The molecule has 0 saturated heterocycles. The number of benzene rings is 1. The van der Waals surface area contributed by atoms with Crippen molar-refractivity contribution >= 4 is 34.4 Å². The zero-order valence-electron chi connectivity index (χ0n) is 13.6. The first kappa shape index (κ1) is 17.6. The summed E-state index contributed by atoms with van der Waals surface area (Å²) in [5.74, 6) is 0.114. The Morgan fingerprint density at radius 2 is 2.17 bits per heavy atom. The maximum atomic E-state index is 12.1. The number of aryl methyl sites for hydroxylation is 1. The number of methoxy groups -OCH3 is 1. The number of carbonyl (C=O) groups is 2. The zero-order valence-corrected chi connectivity index (χ0v) is 14.5. The van der Waals surface area contributed by atoms with E-state index in [4.69, 9.17) is 4.74 Å². The molecule has 0 fully saturated rings. The number of ether oxygens (including phenoxy) is 1. The molecule has 7 nitrogen and oxygen atoms in total. The molecule has 1 heterocycles. The minimum absolute atomic E-state index is 0.0695. The largest absolute Gasteiger partial charge is 0.497 e. The molecule has 2 aromatic rings. The van der Waals surface area contributed by atoms with Crippen LogP contribution in [0.4, 0.5) is 5.13 Å². The molecule has 2 rings (SSSR count). The van der Waals surface area contributed by atoms with Crippen molar-refractivity contribution in [1.82, 2.24) is 15.1 Å². The van der Waals surface area contributed by atoms with Gasteiger partial charge in [-0.1, -0.05) is 23.5 Å². The topological polar surface area (TPSA) is 84.4 Å². The van der Waals surface area contributed by atoms with Crippen LogP contribution in [0.25, 0.3) is 6.08 Å². The van der Waals surface area contributed by atoms with Gasteiger partial charge in [0, 0.05) is 13.1 Å². The van der Waals surface area contributed by atoms with Gasteiger partial charge in [-0.05, 0) is 30.7 Å². The highest BCUT2D eigenvalue weighted by molar-refractivity contribution is 7.15. The van der Waals surface area contributed by atoms with Gasteiger partial charge in [0.2, 0.25) is 16.9 Å². The van der Waals surface area contributed by atoms with Crippen molar-refractivity contribution in [2.75, 3.05) is 26.0 Å². The van der Waals surface area contributed by atoms with E-state index in [9.17, 15) is 9.59 Å². The van der Waals surface area contributed by atoms with Crippen LogP contribution in [0.5, 0.6) is 5.75 Å². The molecule has 2 amide bonds. The number of hydrogen-bond donors (Lipinski definition) is 1. The van der Waals surface area contributed by atoms with Gasteiger partial charge in [0.05, 0.1) is 13.7 Å². The monoisotopic (exact) mass is 346 g/mol. The first-order chi connectivity index (χ1) is 11.5. The van der Waals surface area contributed by atoms with E-state index >= 15 is 0 Å². The maximum absolute atomic E-state index is 12.1. The molecule has 8 heteroatoms. The highest BCUT2D eigenvalue weighted by Crippen LogP contribution is 2.14. The maximum Gasteiger partial charge on any atom is 0.246 e. The lowest BCUT2D eigenvalue weighted by Gasteiger charge is -2.13. The minimum atomic E-state index is -0.322. The molecular formula is C16H18N4O3S. The third-order valence-electron chi connectivity index (χ3n) is 3.04. The van der Waals surface area contributed by atoms with E-state index in [1.165, 1.54) is 22.3 Å². The number of likely N-dealkylation sites (N-methyl/N-ethyl adjacent to an activating group) is 1. The number of rotatable bonds is 6. The number of anilines is 1. The van der Waals surface area contributed by atoms with Crippen molar-refractivity contribution in [1.29, 1.82) is 0 Å². The smallest absolute Gasteiger partial charge is 0.246 e. The van der Waals surface area contributed by atoms with Crippen LogP contribution in [0, 0.1) is 6.92 Å². The molecule has 126 valence electrons. The van der Waals surface area contributed by atoms with Gasteiger partial charge in [-0.3, -0.25) is 14.9 Å². The summed E-state index contributed by atoms with van der Waals surface area (Å²) < 4.78 is 5.13. The number of aromatic nitrogens is 2. The highest BCUT2D eigenvalue weighted by Gasteiger charge is 2.12. The van der Waals surface area contributed by atoms with Gasteiger partial charge in [-0.15, -0.1) is 10.2 Å². The van der Waals surface area contributed by atoms with Crippen molar-refractivity contribution < 1.29 is 14.3 Å². The number of carbonyl (C=O) groups excluding carboxylic acids is 2. The quantitative estimate of drug-likeness (QED) is 0.809. The average Bonchev–Trinajstić information content (AvgIpc) is 2.97. The molecule has 1 N–H and O–H groups in total. The predicted molar refractivity (Wildman–Crippen MR) is 92.9 cm³/mol. The molecule has 24 heavy (non-hydrogen) atoms. The first-order valence-electron chi connectivity index (χ1n) is 7.15. The van der Waals surface area contributed by atoms with E-state index < -0.39 is 0 Å². The number of hydrogen-bond acceptors (Lipinski definition) is 6. The van der Waals surface area contributed by atoms with Crippen molar-refractivity contribution in [2.45, 2.75) is 6.92 Å². The molecule has 0 saturated carbocycles. The Kier molecular flexibility index (Phi) is 6.02. The summed E-state index contributed by atoms with van der Waals surface area (Å²) in [5.41, 5.74) is 0.838. The van der Waals surface area contributed by atoms with Gasteiger partial charge < -0.3 is 9.64 Å². The Morgan fingerprint density at radius 3 is 2.83 bits per heavy atom. The van der Waals surface area contributed by atoms with Crippen molar-refractivity contribution in [3.63, 3.8) is 0 Å². The second-order valence-corrected chi connectivity index (χ2v) is 6.16. The molecule has 0 spiro atoms. The predicted octanol–water partition coefficient (Wildman–Crippen LogP) is 1.97. The lowest BCUT2D eigenvalue weighted by Crippen LogP contribution is -2.33. The Bertz CT molecular complexity index is 757. The molecule has 0 bridgehead atoms. The fraction of sp³-hybridized carbons (Fsp3) is 0.250. The molecule has 0 radical (unpaired) electrons. The van der Waals surface area contributed by atoms with Gasteiger partial charge in [0.1, 0.15) is 10.8 Å². The van der Waals surface area contributed by atoms with Crippen LogP contribution in [0.1, 0.15) is 10.6 Å². The summed E-state index contributed by atoms with van der Waals surface area (Å²) in [6.45, 7) is 1.73. The van der Waals surface area contributed by atoms with Gasteiger partial charge >= 0.3 is 0 Å². The van der Waals surface area contributed by atoms with Crippen LogP contribution in [-0.4, -0.2) is 47.6 Å². The first-order valence-corrected chi connectivity index (χ1v) is 7.97. The molecule has 0 aliphatic heterocycles. The van der Waals surface area contributed by atoms with Crippen LogP contribution < -0.4 is 10.1 Å². The third-order valence-corrected chi connectivity index (χ3v) is 3.80. The lowest BCUT2D eigenvalue weighted by molar-refractivity contribution is -0.129. The van der Waals surface area contributed by atoms with Crippen LogP contribution in [-0.2, 0) is 9.59 Å². The SMILES string of the molecule is COc1cccc(/C=C/C(=O)N(C)CC(=O)Nc2nnc(C)s2)c1. The Labute approximate surface area is 144 Å². The highest BCUT2D eigenvalue weighted by atomic mass is 32.1. The third kappa shape index (κ3) is 5.17. The van der Waals surface area contributed by atoms with Gasteiger partial charge in [0.15, 0.2) is 0 Å². The summed E-state index contributed by atoms with van der Waals surface area (Å²) in [6.07, 6.45) is 3.09. The van der Waals surface area contributed by atoms with E-state index in [-0.39, 0.29) is 18.4 Å². The fourth-order valence-corrected chi connectivity index (χ4v) is 2.45. The van der Waals surface area contributed by atoms with E-state index in [0.717, 1.165) is 10.6 Å². The summed E-state index contributed by atoms with van der Waals surface area (Å²) in [4.78, 5) is 25.3. The molecule has 1 aromatic carbocycles. The Morgan fingerprint density at radius 1 is 1.38 bits per heavy atom. The Balaban J connectivity index is 1.89. The number of amides is 2. The molecular weight excluding hydrogens is 328 g/mol. The second kappa shape index (κ2) is 8.21. The van der Waals surface area contributed by atoms with Gasteiger partial charge in [-0.2, -0.15) is 0 Å². The molecule has 0 aliphatic rings. The van der Waals surface area contributed by atoms with Crippen molar-refractivity contribution in [3.05, 3.63) is 40.9 Å². The summed E-state index contributed by atoms with van der Waals surface area (Å²) in [5, 5.41) is 11.4. The standard InChI is InChI=1S/C16H18N4O3S/c1-11-18-19-16(24-11)17-14(21)10-20(2)15(22)8-7-12-5-4-6-13(9-12)23-3/h4-9H,10H2,1-3H3,(H,17,19,21)/b8-7+. The van der Waals surface area contributed by atoms with Crippen LogP contribution in [0.2, 0.25) is 0 Å². The molecule has 0 unspecified atom stereocenters. The summed E-state index contributed by atoms with van der Waals surface area (Å²) >= 11 is 1.28. The Hall–Kier alpha value is -2.74. The van der Waals surface area contributed by atoms with Gasteiger partial charge in [-0.25, -0.2) is 0 Å². The second-order valence-electron chi connectivity index (χ2n) is 4.98. The number of nitrogens with zero attached hydrogens (tertiary/aromatic N) is 3. The van der Waals surface area contributed by atoms with E-state index in [2.05, 4.69) is 15.5 Å². The summed E-state index contributed by atoms with van der Waals surface area (Å²) in [7, 11) is 3.14. The van der Waals surface area contributed by atoms with E-state index in [0.29, 0.717) is 10.9 Å². The molecule has 0 atom stereocenters. The van der Waals surface area contributed by atoms with E-state index in [1.54, 1.807) is 27.2 Å². The minimum Gasteiger partial charge on any atom is -0.497 e. The van der Waals surface area contributed by atoms with Crippen LogP contribution >= 0.6 is 11.3 Å². The van der Waals surface area contributed by atoms with Crippen LogP contribution in [0.3, 0.4) is 0 Å².